The number of amides is 1. The number of nitrogens with one attached hydrogen (secondary N) is 1. The van der Waals surface area contributed by atoms with Gasteiger partial charge in [-0.2, -0.15) is 4.98 Å². The Morgan fingerprint density at radius 2 is 2.28 bits per heavy atom. The molecule has 2 rings (SSSR count). The van der Waals surface area contributed by atoms with E-state index in [-0.39, 0.29) is 12.3 Å². The topological polar surface area (TPSA) is 103 Å². The monoisotopic (exact) mass is 250 g/mol. The van der Waals surface area contributed by atoms with Gasteiger partial charge in [0.05, 0.1) is 12.3 Å². The van der Waals surface area contributed by atoms with Crippen LogP contribution in [0.5, 0.6) is 5.88 Å². The largest absolute Gasteiger partial charge is 0.476 e. The Morgan fingerprint density at radius 3 is 2.94 bits per heavy atom. The number of hydrogen-bond donors (Lipinski definition) is 3. The molecule has 0 aromatic carbocycles. The maximum Gasteiger partial charge on any atom is 0.239 e. The average molecular weight is 250 g/mol. The van der Waals surface area contributed by atoms with Crippen LogP contribution in [0.25, 0.3) is 0 Å². The smallest absolute Gasteiger partial charge is 0.239 e. The van der Waals surface area contributed by atoms with Crippen molar-refractivity contribution in [1.29, 1.82) is 0 Å². The number of carbonyl (C=O) groups excluding carboxylic acids is 1. The number of ether oxygens (including phenoxy) is 1. The Morgan fingerprint density at radius 1 is 1.50 bits per heavy atom. The zero-order chi connectivity index (χ0) is 13.0. The van der Waals surface area contributed by atoms with Gasteiger partial charge in [-0.25, -0.2) is 0 Å². The summed E-state index contributed by atoms with van der Waals surface area (Å²) >= 11 is 0. The molecule has 0 saturated heterocycles. The number of rotatable bonds is 7. The summed E-state index contributed by atoms with van der Waals surface area (Å²) in [5.74, 6) is 1.39. The van der Waals surface area contributed by atoms with E-state index in [1.165, 1.54) is 12.8 Å². The number of nitrogens with two attached hydrogens (primary N) is 2. The molecule has 5 N–H and O–H groups in total. The first-order chi connectivity index (χ1) is 8.65. The van der Waals surface area contributed by atoms with E-state index in [1.54, 1.807) is 12.1 Å². The van der Waals surface area contributed by atoms with Crippen LogP contribution in [0.3, 0.4) is 0 Å². The fourth-order valence-electron chi connectivity index (χ4n) is 1.46. The second-order valence-electron chi connectivity index (χ2n) is 4.49. The van der Waals surface area contributed by atoms with E-state index in [0.29, 0.717) is 36.5 Å². The molecule has 0 atom stereocenters. The number of nitrogens with zero attached hydrogens (tertiary/aromatic N) is 1. The highest BCUT2D eigenvalue weighted by Crippen LogP contribution is 2.30. The Bertz CT molecular complexity index is 432. The van der Waals surface area contributed by atoms with Crippen molar-refractivity contribution < 1.29 is 9.53 Å². The number of hydrogen-bond acceptors (Lipinski definition) is 5. The molecule has 0 bridgehead atoms. The van der Waals surface area contributed by atoms with Gasteiger partial charge in [-0.3, -0.25) is 4.79 Å². The lowest BCUT2D eigenvalue weighted by Gasteiger charge is -2.10. The predicted octanol–water partition coefficient (Wildman–Crippen LogP) is 0.740. The molecule has 1 aliphatic rings. The zero-order valence-corrected chi connectivity index (χ0v) is 10.2. The molecular weight excluding hydrogens is 232 g/mol. The molecule has 18 heavy (non-hydrogen) atoms. The Kier molecular flexibility index (Phi) is 3.86. The van der Waals surface area contributed by atoms with Crippen LogP contribution in [0.1, 0.15) is 19.3 Å². The van der Waals surface area contributed by atoms with E-state index in [2.05, 4.69) is 10.3 Å². The second kappa shape index (κ2) is 5.57. The van der Waals surface area contributed by atoms with E-state index in [4.69, 9.17) is 16.2 Å². The molecule has 0 spiro atoms. The quantitative estimate of drug-likeness (QED) is 0.662. The predicted molar refractivity (Wildman–Crippen MR) is 69.2 cm³/mol. The fraction of sp³-hybridized carbons (Fsp3) is 0.500. The Labute approximate surface area is 106 Å². The van der Waals surface area contributed by atoms with Crippen molar-refractivity contribution in [2.45, 2.75) is 19.3 Å². The normalized spacial score (nSPS) is 14.2. The van der Waals surface area contributed by atoms with E-state index < -0.39 is 0 Å². The number of carbonyl (C=O) groups is 1. The van der Waals surface area contributed by atoms with Crippen molar-refractivity contribution in [2.75, 3.05) is 24.2 Å². The zero-order valence-electron chi connectivity index (χ0n) is 10.2. The molecule has 1 aromatic heterocycles. The van der Waals surface area contributed by atoms with Gasteiger partial charge in [-0.15, -0.1) is 0 Å². The summed E-state index contributed by atoms with van der Waals surface area (Å²) in [4.78, 5) is 14.9. The molecule has 98 valence electrons. The summed E-state index contributed by atoms with van der Waals surface area (Å²) in [6.07, 6.45) is 2.71. The highest BCUT2D eigenvalue weighted by atomic mass is 16.5. The SMILES string of the molecule is NC(=O)CCNc1ccc(N)c(OCC2CC2)n1. The maximum atomic E-state index is 10.6. The van der Waals surface area contributed by atoms with Gasteiger partial charge in [-0.05, 0) is 30.9 Å². The minimum absolute atomic E-state index is 0.268. The van der Waals surface area contributed by atoms with Crippen LogP contribution >= 0.6 is 0 Å². The van der Waals surface area contributed by atoms with Crippen LogP contribution in [-0.4, -0.2) is 24.0 Å². The van der Waals surface area contributed by atoms with Gasteiger partial charge >= 0.3 is 0 Å². The van der Waals surface area contributed by atoms with Gasteiger partial charge in [0, 0.05) is 13.0 Å². The van der Waals surface area contributed by atoms with E-state index >= 15 is 0 Å². The van der Waals surface area contributed by atoms with Crippen molar-refractivity contribution in [3.8, 4) is 5.88 Å². The Balaban J connectivity index is 1.89. The molecule has 6 nitrogen and oxygen atoms in total. The third-order valence-corrected chi connectivity index (χ3v) is 2.72. The van der Waals surface area contributed by atoms with Gasteiger partial charge in [0.15, 0.2) is 0 Å². The summed E-state index contributed by atoms with van der Waals surface area (Å²) < 4.78 is 5.56. The molecule has 1 heterocycles. The standard InChI is InChI=1S/C12H18N4O2/c13-9-3-4-11(15-6-5-10(14)17)16-12(9)18-7-8-1-2-8/h3-4,8H,1-2,5-7,13H2,(H2,14,17)(H,15,16). The highest BCUT2D eigenvalue weighted by Gasteiger charge is 2.22. The third-order valence-electron chi connectivity index (χ3n) is 2.72. The van der Waals surface area contributed by atoms with Crippen molar-refractivity contribution in [3.05, 3.63) is 12.1 Å². The van der Waals surface area contributed by atoms with Crippen molar-refractivity contribution >= 4 is 17.4 Å². The number of anilines is 2. The lowest BCUT2D eigenvalue weighted by molar-refractivity contribution is -0.117. The first-order valence-corrected chi connectivity index (χ1v) is 6.06. The first kappa shape index (κ1) is 12.5. The Hall–Kier alpha value is -1.98. The van der Waals surface area contributed by atoms with Crippen LogP contribution in [0.2, 0.25) is 0 Å². The molecular formula is C12H18N4O2. The van der Waals surface area contributed by atoms with Crippen LogP contribution in [-0.2, 0) is 4.79 Å². The van der Waals surface area contributed by atoms with Crippen molar-refractivity contribution in [1.82, 2.24) is 4.98 Å². The summed E-state index contributed by atoms with van der Waals surface area (Å²) in [5.41, 5.74) is 11.4. The fourth-order valence-corrected chi connectivity index (χ4v) is 1.46. The first-order valence-electron chi connectivity index (χ1n) is 6.06. The van der Waals surface area contributed by atoms with Crippen LogP contribution in [0, 0.1) is 5.92 Å². The average Bonchev–Trinajstić information content (AvgIpc) is 3.13. The molecule has 1 saturated carbocycles. The number of aromatic nitrogens is 1. The molecule has 0 unspecified atom stereocenters. The third kappa shape index (κ3) is 3.80. The van der Waals surface area contributed by atoms with Crippen LogP contribution in [0.15, 0.2) is 12.1 Å². The van der Waals surface area contributed by atoms with Crippen LogP contribution < -0.4 is 21.5 Å². The van der Waals surface area contributed by atoms with Gasteiger partial charge in [0.1, 0.15) is 5.82 Å². The minimum Gasteiger partial charge on any atom is -0.476 e. The minimum atomic E-state index is -0.344. The lowest BCUT2D eigenvalue weighted by Crippen LogP contribution is -2.16. The molecule has 1 aromatic rings. The summed E-state index contributed by atoms with van der Waals surface area (Å²) in [7, 11) is 0. The molecule has 1 aliphatic carbocycles. The second-order valence-corrected chi connectivity index (χ2v) is 4.49. The van der Waals surface area contributed by atoms with Gasteiger partial charge < -0.3 is 21.5 Å². The number of nitrogen functional groups attached to an aromatic ring is 1. The molecule has 6 heteroatoms. The van der Waals surface area contributed by atoms with Gasteiger partial charge in [0.25, 0.3) is 0 Å². The summed E-state index contributed by atoms with van der Waals surface area (Å²) in [6.45, 7) is 1.12. The van der Waals surface area contributed by atoms with Crippen molar-refractivity contribution in [3.63, 3.8) is 0 Å². The van der Waals surface area contributed by atoms with E-state index in [1.807, 2.05) is 0 Å². The maximum absolute atomic E-state index is 10.6. The summed E-state index contributed by atoms with van der Waals surface area (Å²) in [6, 6.07) is 3.49. The van der Waals surface area contributed by atoms with E-state index in [9.17, 15) is 4.79 Å². The highest BCUT2D eigenvalue weighted by molar-refractivity contribution is 5.74. The summed E-state index contributed by atoms with van der Waals surface area (Å²) in [5, 5.41) is 3.00. The molecule has 0 aliphatic heterocycles. The number of pyridine rings is 1. The molecule has 1 fully saturated rings. The van der Waals surface area contributed by atoms with Crippen molar-refractivity contribution in [2.24, 2.45) is 11.7 Å². The molecule has 1 amide bonds. The lowest BCUT2D eigenvalue weighted by atomic mass is 10.3. The molecule has 0 radical (unpaired) electrons. The van der Waals surface area contributed by atoms with Gasteiger partial charge in [-0.1, -0.05) is 0 Å². The van der Waals surface area contributed by atoms with E-state index in [0.717, 1.165) is 0 Å². The number of primary amides is 1. The van der Waals surface area contributed by atoms with Crippen LogP contribution in [0.4, 0.5) is 11.5 Å². The van der Waals surface area contributed by atoms with Gasteiger partial charge in [0.2, 0.25) is 11.8 Å².